The lowest BCUT2D eigenvalue weighted by atomic mass is 10.2. The molecule has 2 aromatic heterocycles. The maximum atomic E-state index is 13.3. The number of H-pyrrole nitrogens is 1. The molecule has 0 spiro atoms. The van der Waals surface area contributed by atoms with E-state index in [0.29, 0.717) is 42.5 Å². The summed E-state index contributed by atoms with van der Waals surface area (Å²) in [5.41, 5.74) is 3.82. The summed E-state index contributed by atoms with van der Waals surface area (Å²) in [6.07, 6.45) is -3.35. The van der Waals surface area contributed by atoms with Crippen LogP contribution in [0.4, 0.5) is 18.9 Å². The Labute approximate surface area is 250 Å². The van der Waals surface area contributed by atoms with Crippen LogP contribution in [0.2, 0.25) is 0 Å². The molecule has 2 N–H and O–H groups in total. The van der Waals surface area contributed by atoms with Crippen molar-refractivity contribution < 1.29 is 32.2 Å². The number of nitrogens with one attached hydrogen (secondary N) is 2. The van der Waals surface area contributed by atoms with Gasteiger partial charge in [0.25, 0.3) is 5.91 Å². The van der Waals surface area contributed by atoms with Crippen LogP contribution in [0, 0.1) is 0 Å². The summed E-state index contributed by atoms with van der Waals surface area (Å²) in [5, 5.41) is 7.42. The fraction of sp³-hybridized carbons (Fsp3) is 0.258. The van der Waals surface area contributed by atoms with Crippen molar-refractivity contribution in [3.63, 3.8) is 0 Å². The van der Waals surface area contributed by atoms with Gasteiger partial charge in [-0.15, -0.1) is 13.2 Å². The molecule has 228 valence electrons. The molecule has 3 heterocycles. The minimum atomic E-state index is -4.96. The smallest absolute Gasteiger partial charge is 0.497 e. The van der Waals surface area contributed by atoms with E-state index in [9.17, 15) is 18.0 Å². The zero-order chi connectivity index (χ0) is 30.7. The van der Waals surface area contributed by atoms with Crippen molar-refractivity contribution in [2.75, 3.05) is 38.7 Å². The van der Waals surface area contributed by atoms with Gasteiger partial charge >= 0.3 is 6.36 Å². The lowest BCUT2D eigenvalue weighted by molar-refractivity contribution is -0.274. The number of carbonyl (C=O) groups is 1. The molecule has 6 rings (SSSR count). The van der Waals surface area contributed by atoms with E-state index >= 15 is 0 Å². The average Bonchev–Trinajstić information content (AvgIpc) is 3.60. The van der Waals surface area contributed by atoms with Crippen LogP contribution in [0.1, 0.15) is 21.5 Å². The fourth-order valence-corrected chi connectivity index (χ4v) is 5.03. The molecule has 5 aromatic rings. The van der Waals surface area contributed by atoms with E-state index in [1.165, 1.54) is 18.2 Å². The Morgan fingerprint density at radius 2 is 1.77 bits per heavy atom. The van der Waals surface area contributed by atoms with Crippen LogP contribution in [0.25, 0.3) is 22.6 Å². The predicted molar refractivity (Wildman–Crippen MR) is 157 cm³/mol. The van der Waals surface area contributed by atoms with Crippen LogP contribution in [-0.2, 0) is 17.8 Å². The highest BCUT2D eigenvalue weighted by Gasteiger charge is 2.33. The summed E-state index contributed by atoms with van der Waals surface area (Å²) < 4.78 is 55.5. The van der Waals surface area contributed by atoms with Crippen molar-refractivity contribution in [3.8, 4) is 23.0 Å². The summed E-state index contributed by atoms with van der Waals surface area (Å²) in [6.45, 7) is 4.25. The van der Waals surface area contributed by atoms with Crippen molar-refractivity contribution in [3.05, 3.63) is 89.6 Å². The number of anilines is 1. The van der Waals surface area contributed by atoms with Gasteiger partial charge in [0.1, 0.15) is 11.5 Å². The Kier molecular flexibility index (Phi) is 8.22. The number of halogens is 3. The van der Waals surface area contributed by atoms with Gasteiger partial charge < -0.3 is 24.5 Å². The third-order valence-corrected chi connectivity index (χ3v) is 7.15. The number of ether oxygens (including phenoxy) is 3. The van der Waals surface area contributed by atoms with Gasteiger partial charge in [-0.2, -0.15) is 5.10 Å². The maximum Gasteiger partial charge on any atom is 0.573 e. The number of benzene rings is 3. The first-order valence-corrected chi connectivity index (χ1v) is 13.9. The third kappa shape index (κ3) is 6.84. The summed E-state index contributed by atoms with van der Waals surface area (Å²) >= 11 is 0. The van der Waals surface area contributed by atoms with Crippen molar-refractivity contribution in [1.29, 1.82) is 0 Å². The van der Waals surface area contributed by atoms with Gasteiger partial charge in [-0.1, -0.05) is 30.3 Å². The zero-order valence-corrected chi connectivity index (χ0v) is 23.7. The number of nitrogens with zero attached hydrogens (tertiary/aromatic N) is 4. The number of fused-ring (bicyclic) bond motifs is 1. The van der Waals surface area contributed by atoms with Crippen molar-refractivity contribution in [1.82, 2.24) is 24.6 Å². The van der Waals surface area contributed by atoms with Crippen LogP contribution >= 0.6 is 0 Å². The van der Waals surface area contributed by atoms with Crippen LogP contribution in [0.3, 0.4) is 0 Å². The Hall–Kier alpha value is -4.88. The first-order valence-electron chi connectivity index (χ1n) is 13.9. The molecule has 10 nitrogen and oxygen atoms in total. The molecule has 0 unspecified atom stereocenters. The molecule has 1 aliphatic rings. The quantitative estimate of drug-likeness (QED) is 0.229. The highest BCUT2D eigenvalue weighted by molar-refractivity contribution is 6.07. The lowest BCUT2D eigenvalue weighted by Gasteiger charge is -2.26. The van der Waals surface area contributed by atoms with Gasteiger partial charge in [-0.25, -0.2) is 4.98 Å². The Bertz CT molecular complexity index is 1760. The third-order valence-electron chi connectivity index (χ3n) is 7.15. The van der Waals surface area contributed by atoms with Crippen LogP contribution in [0.5, 0.6) is 11.5 Å². The number of para-hydroxylation sites is 1. The van der Waals surface area contributed by atoms with Crippen molar-refractivity contribution in [2.45, 2.75) is 19.5 Å². The van der Waals surface area contributed by atoms with E-state index < -0.39 is 18.0 Å². The Morgan fingerprint density at radius 1 is 1.02 bits per heavy atom. The standard InChI is InChI=1S/C31H29F3N6O4/c1-42-22-9-6-20(7-10-22)18-40-19-26(37-30(41)23-4-2-3-5-27(23)44-31(32,33)34)28(38-40)29-35-24-11-8-21(16-25(24)36-29)17-39-12-14-43-15-13-39/h2-11,16,19H,12-15,17-18H2,1H3,(H,35,36)(H,37,41). The molecule has 44 heavy (non-hydrogen) atoms. The molecule has 0 saturated carbocycles. The number of carbonyl (C=O) groups excluding carboxylic acids is 1. The van der Waals surface area contributed by atoms with E-state index in [-0.39, 0.29) is 11.3 Å². The number of rotatable bonds is 9. The van der Waals surface area contributed by atoms with E-state index in [2.05, 4.69) is 19.9 Å². The molecule has 3 aromatic carbocycles. The largest absolute Gasteiger partial charge is 0.573 e. The van der Waals surface area contributed by atoms with Gasteiger partial charge in [0.15, 0.2) is 11.5 Å². The van der Waals surface area contributed by atoms with Gasteiger partial charge in [0.2, 0.25) is 0 Å². The van der Waals surface area contributed by atoms with Gasteiger partial charge in [0.05, 0.1) is 49.2 Å². The van der Waals surface area contributed by atoms with E-state index in [4.69, 9.17) is 19.6 Å². The van der Waals surface area contributed by atoms with Crippen molar-refractivity contribution in [2.24, 2.45) is 0 Å². The molecule has 0 atom stereocenters. The summed E-state index contributed by atoms with van der Waals surface area (Å²) in [5.74, 6) is -0.301. The molecule has 1 amide bonds. The summed E-state index contributed by atoms with van der Waals surface area (Å²) in [4.78, 5) is 23.6. The SMILES string of the molecule is COc1ccc(Cn2cc(NC(=O)c3ccccc3OC(F)(F)F)c(-c3nc4ccc(CN5CCOCC5)cc4[nH]3)n2)cc1. The monoisotopic (exact) mass is 606 g/mol. The second kappa shape index (κ2) is 12.4. The highest BCUT2D eigenvalue weighted by atomic mass is 19.4. The maximum absolute atomic E-state index is 13.3. The van der Waals surface area contributed by atoms with Crippen LogP contribution in [0.15, 0.2) is 72.9 Å². The average molecular weight is 607 g/mol. The normalized spacial score (nSPS) is 14.1. The molecule has 1 saturated heterocycles. The van der Waals surface area contributed by atoms with Crippen LogP contribution < -0.4 is 14.8 Å². The molecule has 0 bridgehead atoms. The minimum Gasteiger partial charge on any atom is -0.497 e. The molecule has 0 radical (unpaired) electrons. The second-order valence-electron chi connectivity index (χ2n) is 10.3. The fourth-order valence-electron chi connectivity index (χ4n) is 5.03. The van der Waals surface area contributed by atoms with E-state index in [1.54, 1.807) is 18.0 Å². The zero-order valence-electron chi connectivity index (χ0n) is 23.7. The first kappa shape index (κ1) is 29.2. The number of hydrogen-bond acceptors (Lipinski definition) is 7. The minimum absolute atomic E-state index is 0.262. The second-order valence-corrected chi connectivity index (χ2v) is 10.3. The molecule has 13 heteroatoms. The Morgan fingerprint density at radius 3 is 2.52 bits per heavy atom. The molecule has 1 fully saturated rings. The number of hydrogen-bond donors (Lipinski definition) is 2. The van der Waals surface area contributed by atoms with Gasteiger partial charge in [0, 0.05) is 25.8 Å². The molecular formula is C31H29F3N6O4. The van der Waals surface area contributed by atoms with Crippen LogP contribution in [-0.4, -0.2) is 70.3 Å². The molecule has 1 aliphatic heterocycles. The highest BCUT2D eigenvalue weighted by Crippen LogP contribution is 2.31. The number of imidazole rings is 1. The van der Waals surface area contributed by atoms with E-state index in [1.807, 2.05) is 42.5 Å². The topological polar surface area (TPSA) is 107 Å². The lowest BCUT2D eigenvalue weighted by Crippen LogP contribution is -2.35. The molecule has 0 aliphatic carbocycles. The number of aromatic amines is 1. The number of morpholine rings is 1. The predicted octanol–water partition coefficient (Wildman–Crippen LogP) is 5.47. The van der Waals surface area contributed by atoms with Gasteiger partial charge in [-0.05, 0) is 47.5 Å². The number of methoxy groups -OCH3 is 1. The van der Waals surface area contributed by atoms with Crippen molar-refractivity contribution >= 4 is 22.6 Å². The van der Waals surface area contributed by atoms with E-state index in [0.717, 1.165) is 42.3 Å². The first-order chi connectivity index (χ1) is 21.2. The summed E-state index contributed by atoms with van der Waals surface area (Å²) in [7, 11) is 1.58. The number of amides is 1. The number of alkyl halides is 3. The number of aromatic nitrogens is 4. The summed E-state index contributed by atoms with van der Waals surface area (Å²) in [6, 6.07) is 18.6. The van der Waals surface area contributed by atoms with Gasteiger partial charge in [-0.3, -0.25) is 14.4 Å². The molecular weight excluding hydrogens is 577 g/mol. The Balaban J connectivity index is 1.32.